The molecule has 0 N–H and O–H groups in total. The monoisotopic (exact) mass is 1570 g/mol. The Balaban J connectivity index is -0.00000128. The summed E-state index contributed by atoms with van der Waals surface area (Å²) < 4.78 is 11.0. The van der Waals surface area contributed by atoms with Crippen LogP contribution in [0.15, 0.2) is 231 Å². The van der Waals surface area contributed by atoms with Gasteiger partial charge in [0.1, 0.15) is 35.2 Å². The Bertz CT molecular complexity index is 4460. The van der Waals surface area contributed by atoms with E-state index in [-0.39, 0.29) is 0 Å². The molecule has 0 amide bonds. The third-order valence-corrected chi connectivity index (χ3v) is 19.1. The number of pyridine rings is 5. The van der Waals surface area contributed by atoms with E-state index in [1.807, 2.05) is 180 Å². The Morgan fingerprint density at radius 1 is 0.207 bits per heavy atom. The summed E-state index contributed by atoms with van der Waals surface area (Å²) in [4.78, 5) is 0. The van der Waals surface area contributed by atoms with Crippen molar-refractivity contribution < 1.29 is 22.8 Å². The van der Waals surface area contributed by atoms with Crippen LogP contribution < -0.4 is 22.8 Å². The molecule has 15 rings (SSSR count). The van der Waals surface area contributed by atoms with Gasteiger partial charge in [-0.2, -0.15) is 0 Å². The average Bonchev–Trinajstić information content (AvgIpc) is 0.815. The second-order valence-corrected chi connectivity index (χ2v) is 25.3. The number of aromatic nitrogens is 5. The fourth-order valence-electron chi connectivity index (χ4n) is 14.1. The molecule has 0 spiro atoms. The van der Waals surface area contributed by atoms with E-state index in [4.69, 9.17) is 0 Å². The van der Waals surface area contributed by atoms with Crippen LogP contribution in [0.25, 0.3) is 77.8 Å². The first kappa shape index (κ1) is 111. The summed E-state index contributed by atoms with van der Waals surface area (Å²) in [5, 5.41) is 5.21. The fraction of sp³-hybridized carbons (Fsp3) is 0.432. The van der Waals surface area contributed by atoms with E-state index in [1.54, 1.807) is 33.4 Å². The van der Waals surface area contributed by atoms with Crippen molar-refractivity contribution in [2.45, 2.75) is 292 Å². The molecule has 634 valence electrons. The van der Waals surface area contributed by atoms with Crippen molar-refractivity contribution in [2.24, 2.45) is 35.2 Å². The zero-order chi connectivity index (χ0) is 88.7. The van der Waals surface area contributed by atoms with Crippen LogP contribution in [0.2, 0.25) is 0 Å². The SMILES string of the molecule is CC.CC.CC.CC.CC.CC.CC.CC.CC.CC.CC.CC.CC.Cc1c(-c2cccc[n+]2C)ccc2c1CCCC2.Cc1cc2c(cc1-c1cccc[n+]1C)CCCC2.Cc1cc2ccccc2cc1-c1cccc[n+]1C.Cc1ccc2c(c1-c1cccc[n+]1C)CCCC2.Cc1ccc2ccccc2c1-c1cccc[n+]1C. The second-order valence-electron chi connectivity index (χ2n) is 25.3. The first-order chi connectivity index (χ1) is 56.8. The quantitative estimate of drug-likeness (QED) is 0.153. The summed E-state index contributed by atoms with van der Waals surface area (Å²) in [6.45, 7) is 63.1. The van der Waals surface area contributed by atoms with E-state index >= 15 is 0 Å². The van der Waals surface area contributed by atoms with Gasteiger partial charge in [-0.25, -0.2) is 22.8 Å². The molecular formula is C111H170N5+5. The van der Waals surface area contributed by atoms with Crippen LogP contribution in [0.3, 0.4) is 0 Å². The number of hydrogen-bond acceptors (Lipinski definition) is 0. The summed E-state index contributed by atoms with van der Waals surface area (Å²) >= 11 is 0. The van der Waals surface area contributed by atoms with Gasteiger partial charge in [-0.1, -0.05) is 271 Å². The van der Waals surface area contributed by atoms with Gasteiger partial charge in [0, 0.05) is 77.4 Å². The third-order valence-electron chi connectivity index (χ3n) is 19.1. The molecule has 3 aliphatic carbocycles. The van der Waals surface area contributed by atoms with Crippen molar-refractivity contribution in [3.05, 3.63) is 292 Å². The first-order valence-corrected chi connectivity index (χ1v) is 45.9. The van der Waals surface area contributed by atoms with Gasteiger partial charge < -0.3 is 0 Å². The van der Waals surface area contributed by atoms with Crippen LogP contribution in [0.1, 0.15) is 280 Å². The maximum Gasteiger partial charge on any atom is 0.213 e. The number of aryl methyl sites for hydroxylation is 13. The molecule has 5 nitrogen and oxygen atoms in total. The molecule has 0 saturated heterocycles. The van der Waals surface area contributed by atoms with E-state index in [1.165, 1.54) is 183 Å². The summed E-state index contributed by atoms with van der Waals surface area (Å²) in [7, 11) is 10.6. The zero-order valence-electron chi connectivity index (χ0n) is 81.2. The molecular weight excluding hydrogens is 1400 g/mol. The molecule has 5 aromatic heterocycles. The van der Waals surface area contributed by atoms with Gasteiger partial charge in [0.2, 0.25) is 28.5 Å². The highest BCUT2D eigenvalue weighted by molar-refractivity contribution is 5.97. The van der Waals surface area contributed by atoms with Crippen LogP contribution in [-0.4, -0.2) is 0 Å². The van der Waals surface area contributed by atoms with Gasteiger partial charge in [-0.3, -0.25) is 0 Å². The number of fused-ring (bicyclic) bond motifs is 5. The van der Waals surface area contributed by atoms with Crippen LogP contribution in [0.5, 0.6) is 0 Å². The van der Waals surface area contributed by atoms with Gasteiger partial charge >= 0.3 is 0 Å². The normalized spacial score (nSPS) is 10.7. The minimum atomic E-state index is 1.24. The largest absolute Gasteiger partial charge is 0.213 e. The molecule has 0 saturated carbocycles. The lowest BCUT2D eigenvalue weighted by Gasteiger charge is -2.20. The number of benzene rings is 7. The molecule has 0 aliphatic heterocycles. The predicted molar refractivity (Wildman–Crippen MR) is 521 cm³/mol. The molecule has 0 fully saturated rings. The minimum Gasteiger partial charge on any atom is -0.201 e. The molecule has 7 aromatic carbocycles. The van der Waals surface area contributed by atoms with Crippen LogP contribution in [0, 0.1) is 34.6 Å². The Hall–Kier alpha value is -9.19. The van der Waals surface area contributed by atoms with Crippen molar-refractivity contribution in [1.82, 2.24) is 0 Å². The zero-order valence-corrected chi connectivity index (χ0v) is 81.2. The van der Waals surface area contributed by atoms with Crippen molar-refractivity contribution in [3.63, 3.8) is 0 Å². The lowest BCUT2D eigenvalue weighted by molar-refractivity contribution is -0.660. The topological polar surface area (TPSA) is 19.4 Å². The molecule has 12 aromatic rings. The lowest BCUT2D eigenvalue weighted by Crippen LogP contribution is -2.30. The molecule has 0 bridgehead atoms. The molecule has 0 atom stereocenters. The number of nitrogens with zero attached hydrogens (tertiary/aromatic N) is 5. The maximum absolute atomic E-state index is 2.42. The molecule has 5 heterocycles. The van der Waals surface area contributed by atoms with Crippen LogP contribution >= 0.6 is 0 Å². The molecule has 0 unspecified atom stereocenters. The van der Waals surface area contributed by atoms with E-state index in [0.717, 1.165) is 0 Å². The van der Waals surface area contributed by atoms with Gasteiger partial charge in [0.15, 0.2) is 31.0 Å². The molecule has 5 heteroatoms. The summed E-state index contributed by atoms with van der Waals surface area (Å²) in [5.41, 5.74) is 29.7. The van der Waals surface area contributed by atoms with Crippen LogP contribution in [-0.2, 0) is 73.8 Å². The Labute approximate surface area is 715 Å². The highest BCUT2D eigenvalue weighted by Crippen LogP contribution is 2.35. The summed E-state index contributed by atoms with van der Waals surface area (Å²) in [6, 6.07) is 72.0. The summed E-state index contributed by atoms with van der Waals surface area (Å²) in [6.07, 6.45) is 26.1. The minimum absolute atomic E-state index is 1.24. The Morgan fingerprint density at radius 2 is 0.500 bits per heavy atom. The van der Waals surface area contributed by atoms with Gasteiger partial charge in [0.05, 0.1) is 11.1 Å². The lowest BCUT2D eigenvalue weighted by atomic mass is 9.85. The average molecular weight is 1570 g/mol. The van der Waals surface area contributed by atoms with Gasteiger partial charge in [-0.15, -0.1) is 0 Å². The second kappa shape index (κ2) is 67.9. The van der Waals surface area contributed by atoms with E-state index in [2.05, 4.69) is 324 Å². The van der Waals surface area contributed by atoms with Crippen molar-refractivity contribution >= 4 is 21.5 Å². The van der Waals surface area contributed by atoms with Gasteiger partial charge in [0.25, 0.3) is 0 Å². The highest BCUT2D eigenvalue weighted by atomic mass is 14.9. The van der Waals surface area contributed by atoms with Crippen molar-refractivity contribution in [3.8, 4) is 56.3 Å². The Morgan fingerprint density at radius 3 is 0.931 bits per heavy atom. The van der Waals surface area contributed by atoms with E-state index in [9.17, 15) is 0 Å². The smallest absolute Gasteiger partial charge is 0.201 e. The molecule has 3 aliphatic rings. The maximum atomic E-state index is 2.42. The predicted octanol–water partition coefficient (Wildman–Crippen LogP) is 30.7. The van der Waals surface area contributed by atoms with Gasteiger partial charge in [-0.05, 0) is 243 Å². The Kier molecular flexibility index (Phi) is 65.0. The van der Waals surface area contributed by atoms with Crippen molar-refractivity contribution in [2.75, 3.05) is 0 Å². The standard InChI is InChI=1S/2C17H20N.C17H16N.C17H20N.C17H16N.13C2H6/c1-13-15-8-4-3-7-14(15)10-11-16(13)17-9-5-6-12-18(17)2;2*1-13-10-11-14-7-3-4-8-15(14)17(13)16-9-5-6-12-18(16)2;2*1-13-11-14-7-3-4-8-15(14)12-16(13)17-9-5-6-10-18(17)2;13*1-2/h2*5-6,9-12H,3-4,7-8H2,1-2H3;3-12H,1-2H3;5-6,9-12H,3-4,7-8H2,1-2H3;3-12H,1-2H3;13*1-2H3/q5*+1;;;;;;;;;;;;;. The van der Waals surface area contributed by atoms with E-state index in [0.29, 0.717) is 0 Å². The van der Waals surface area contributed by atoms with Crippen molar-refractivity contribution in [1.29, 1.82) is 0 Å². The molecule has 116 heavy (non-hydrogen) atoms. The fourth-order valence-corrected chi connectivity index (χ4v) is 14.1. The third kappa shape index (κ3) is 33.4. The number of rotatable bonds is 5. The summed E-state index contributed by atoms with van der Waals surface area (Å²) in [5.74, 6) is 0. The highest BCUT2D eigenvalue weighted by Gasteiger charge is 2.23. The van der Waals surface area contributed by atoms with E-state index < -0.39 is 0 Å². The molecule has 0 radical (unpaired) electrons. The van der Waals surface area contributed by atoms with Crippen LogP contribution in [0.4, 0.5) is 0 Å². The first-order valence-electron chi connectivity index (χ1n) is 45.9. The number of hydrogen-bond donors (Lipinski definition) is 0.